The molecule has 1 heterocycles. The van der Waals surface area contributed by atoms with Gasteiger partial charge in [-0.1, -0.05) is 31.2 Å². The van der Waals surface area contributed by atoms with Gasteiger partial charge in [-0.25, -0.2) is 0 Å². The molecule has 0 radical (unpaired) electrons. The van der Waals surface area contributed by atoms with Crippen LogP contribution in [0.5, 0.6) is 5.75 Å². The normalized spacial score (nSPS) is 18.2. The van der Waals surface area contributed by atoms with Crippen molar-refractivity contribution < 1.29 is 17.9 Å². The van der Waals surface area contributed by atoms with Crippen LogP contribution in [0.4, 0.5) is 13.2 Å². The van der Waals surface area contributed by atoms with E-state index in [1.54, 1.807) is 0 Å². The van der Waals surface area contributed by atoms with Gasteiger partial charge >= 0.3 is 6.18 Å². The Bertz CT molecular complexity index is 725. The van der Waals surface area contributed by atoms with E-state index >= 15 is 0 Å². The van der Waals surface area contributed by atoms with Crippen molar-refractivity contribution in [1.29, 1.82) is 0 Å². The van der Waals surface area contributed by atoms with E-state index in [9.17, 15) is 13.2 Å². The summed E-state index contributed by atoms with van der Waals surface area (Å²) in [5.74, 6) is 0.916. The molecule has 152 valence electrons. The molecular formula is C23H28F3NO. The second-order valence-electron chi connectivity index (χ2n) is 7.56. The second-order valence-corrected chi connectivity index (χ2v) is 7.56. The number of nitrogens with zero attached hydrogens (tertiary/aromatic N) is 1. The average molecular weight is 391 g/mol. The van der Waals surface area contributed by atoms with E-state index in [0.717, 1.165) is 57.5 Å². The molecule has 0 amide bonds. The Morgan fingerprint density at radius 2 is 1.68 bits per heavy atom. The maximum absolute atomic E-state index is 12.6. The Morgan fingerprint density at radius 1 is 1.00 bits per heavy atom. The summed E-state index contributed by atoms with van der Waals surface area (Å²) in [6.07, 6.45) is 0.0287. The molecule has 0 saturated carbocycles. The fourth-order valence-corrected chi connectivity index (χ4v) is 3.67. The minimum absolute atomic E-state index is 0.415. The van der Waals surface area contributed by atoms with Crippen molar-refractivity contribution in [2.45, 2.75) is 38.8 Å². The highest BCUT2D eigenvalue weighted by atomic mass is 19.4. The van der Waals surface area contributed by atoms with Crippen molar-refractivity contribution >= 4 is 0 Å². The van der Waals surface area contributed by atoms with Gasteiger partial charge < -0.3 is 9.64 Å². The van der Waals surface area contributed by atoms with E-state index < -0.39 is 11.7 Å². The van der Waals surface area contributed by atoms with Crippen molar-refractivity contribution in [2.75, 3.05) is 26.2 Å². The molecule has 0 bridgehead atoms. The predicted molar refractivity (Wildman–Crippen MR) is 106 cm³/mol. The molecule has 1 unspecified atom stereocenters. The topological polar surface area (TPSA) is 12.5 Å². The zero-order chi connectivity index (χ0) is 20.0. The van der Waals surface area contributed by atoms with Gasteiger partial charge in [-0.2, -0.15) is 13.2 Å². The third kappa shape index (κ3) is 5.99. The highest BCUT2D eigenvalue weighted by Gasteiger charge is 2.30. The monoisotopic (exact) mass is 391 g/mol. The number of ether oxygens (including phenoxy) is 1. The van der Waals surface area contributed by atoms with E-state index in [2.05, 4.69) is 36.1 Å². The summed E-state index contributed by atoms with van der Waals surface area (Å²) in [5.41, 5.74) is 2.08. The van der Waals surface area contributed by atoms with Gasteiger partial charge in [0.2, 0.25) is 0 Å². The number of piperidine rings is 1. The lowest BCUT2D eigenvalue weighted by atomic mass is 9.98. The van der Waals surface area contributed by atoms with Crippen LogP contribution in [-0.4, -0.2) is 31.1 Å². The summed E-state index contributed by atoms with van der Waals surface area (Å²) < 4.78 is 43.6. The largest absolute Gasteiger partial charge is 0.493 e. The van der Waals surface area contributed by atoms with Crippen LogP contribution in [-0.2, 0) is 19.0 Å². The van der Waals surface area contributed by atoms with Gasteiger partial charge in [-0.3, -0.25) is 0 Å². The summed E-state index contributed by atoms with van der Waals surface area (Å²) in [6.45, 7) is 5.82. The lowest BCUT2D eigenvalue weighted by molar-refractivity contribution is -0.137. The van der Waals surface area contributed by atoms with Crippen LogP contribution in [0.1, 0.15) is 36.5 Å². The van der Waals surface area contributed by atoms with Crippen LogP contribution >= 0.6 is 0 Å². The van der Waals surface area contributed by atoms with Crippen molar-refractivity contribution in [3.63, 3.8) is 0 Å². The highest BCUT2D eigenvalue weighted by Crippen LogP contribution is 2.30. The number of hydrogen-bond donors (Lipinski definition) is 0. The number of likely N-dealkylation sites (tertiary alicyclic amines) is 1. The minimum atomic E-state index is -4.31. The fourth-order valence-electron chi connectivity index (χ4n) is 3.67. The van der Waals surface area contributed by atoms with Gasteiger partial charge in [-0.15, -0.1) is 0 Å². The van der Waals surface area contributed by atoms with E-state index in [1.807, 2.05) is 0 Å². The van der Waals surface area contributed by atoms with Crippen LogP contribution in [0.15, 0.2) is 48.5 Å². The van der Waals surface area contributed by atoms with E-state index in [-0.39, 0.29) is 0 Å². The molecule has 0 aromatic heterocycles. The van der Waals surface area contributed by atoms with Crippen molar-refractivity contribution in [1.82, 2.24) is 4.90 Å². The van der Waals surface area contributed by atoms with Crippen LogP contribution < -0.4 is 4.74 Å². The number of benzene rings is 2. The van der Waals surface area contributed by atoms with E-state index in [4.69, 9.17) is 4.74 Å². The molecule has 0 N–H and O–H groups in total. The number of alkyl halides is 3. The molecule has 1 fully saturated rings. The first-order chi connectivity index (χ1) is 13.4. The van der Waals surface area contributed by atoms with Crippen LogP contribution in [0.3, 0.4) is 0 Å². The number of rotatable bonds is 7. The molecular weight excluding hydrogens is 363 g/mol. The van der Waals surface area contributed by atoms with Crippen molar-refractivity contribution in [2.24, 2.45) is 5.92 Å². The maximum Gasteiger partial charge on any atom is 0.416 e. The lowest BCUT2D eigenvalue weighted by Gasteiger charge is -2.32. The van der Waals surface area contributed by atoms with Gasteiger partial charge in [0.15, 0.2) is 0 Å². The lowest BCUT2D eigenvalue weighted by Crippen LogP contribution is -2.38. The number of halogens is 3. The molecule has 0 aliphatic carbocycles. The number of hydrogen-bond acceptors (Lipinski definition) is 2. The predicted octanol–water partition coefficient (Wildman–Crippen LogP) is 5.60. The van der Waals surface area contributed by atoms with Gasteiger partial charge in [0.25, 0.3) is 0 Å². The van der Waals surface area contributed by atoms with Crippen LogP contribution in [0, 0.1) is 5.92 Å². The molecule has 1 aliphatic rings. The molecule has 2 aromatic carbocycles. The maximum atomic E-state index is 12.6. The van der Waals surface area contributed by atoms with Crippen molar-refractivity contribution in [3.8, 4) is 5.75 Å². The first-order valence-electron chi connectivity index (χ1n) is 10.0. The molecule has 1 atom stereocenters. The number of aryl methyl sites for hydroxylation is 1. The van der Waals surface area contributed by atoms with E-state index in [1.165, 1.54) is 23.3 Å². The van der Waals surface area contributed by atoms with Gasteiger partial charge in [0.05, 0.1) is 12.2 Å². The molecule has 1 aliphatic heterocycles. The summed E-state index contributed by atoms with van der Waals surface area (Å²) in [5, 5.41) is 0. The van der Waals surface area contributed by atoms with Crippen LogP contribution in [0.2, 0.25) is 0 Å². The fraction of sp³-hybridized carbons (Fsp3) is 0.478. The Kier molecular flexibility index (Phi) is 7.00. The van der Waals surface area contributed by atoms with Gasteiger partial charge in [0, 0.05) is 19.0 Å². The molecule has 28 heavy (non-hydrogen) atoms. The third-order valence-corrected chi connectivity index (χ3v) is 5.42. The first-order valence-corrected chi connectivity index (χ1v) is 10.0. The standard InChI is InChI=1S/C23H28F3NO/c1-2-18-5-7-19(8-6-18)13-15-27-14-3-4-20(16-27)17-28-22-11-9-21(10-12-22)23(24,25)26/h5-12,20H,2-4,13-17H2,1H3. The molecule has 2 aromatic rings. The Hall–Kier alpha value is -2.01. The Morgan fingerprint density at radius 3 is 2.32 bits per heavy atom. The Balaban J connectivity index is 1.44. The van der Waals surface area contributed by atoms with Crippen molar-refractivity contribution in [3.05, 3.63) is 65.2 Å². The minimum Gasteiger partial charge on any atom is -0.493 e. The summed E-state index contributed by atoms with van der Waals surface area (Å²) >= 11 is 0. The summed E-state index contributed by atoms with van der Waals surface area (Å²) in [4.78, 5) is 2.47. The second kappa shape index (κ2) is 9.46. The molecule has 2 nitrogen and oxygen atoms in total. The summed E-state index contributed by atoms with van der Waals surface area (Å²) in [6, 6.07) is 13.8. The molecule has 0 spiro atoms. The molecule has 1 saturated heterocycles. The smallest absolute Gasteiger partial charge is 0.416 e. The third-order valence-electron chi connectivity index (χ3n) is 5.42. The highest BCUT2D eigenvalue weighted by molar-refractivity contribution is 5.28. The van der Waals surface area contributed by atoms with E-state index in [0.29, 0.717) is 18.3 Å². The zero-order valence-electron chi connectivity index (χ0n) is 16.3. The quantitative estimate of drug-likeness (QED) is 0.609. The first kappa shape index (κ1) is 20.7. The summed E-state index contributed by atoms with van der Waals surface area (Å²) in [7, 11) is 0. The van der Waals surface area contributed by atoms with Crippen LogP contribution in [0.25, 0.3) is 0 Å². The molecule has 5 heteroatoms. The van der Waals surface area contributed by atoms with Gasteiger partial charge in [-0.05, 0) is 67.6 Å². The molecule has 3 rings (SSSR count). The average Bonchev–Trinajstić information content (AvgIpc) is 2.71. The zero-order valence-corrected chi connectivity index (χ0v) is 16.3. The Labute approximate surface area is 165 Å². The van der Waals surface area contributed by atoms with Gasteiger partial charge in [0.1, 0.15) is 5.75 Å². The SMILES string of the molecule is CCc1ccc(CCN2CCCC(COc3ccc(C(F)(F)F)cc3)C2)cc1.